The average Bonchev–Trinajstić information content (AvgIpc) is 2.91. The number of carbonyl (C=O) groups is 1. The van der Waals surface area contributed by atoms with Crippen molar-refractivity contribution >= 4 is 28.1 Å². The highest BCUT2D eigenvalue weighted by atomic mass is 16.1. The number of amides is 1. The second-order valence-corrected chi connectivity index (χ2v) is 5.05. The number of rotatable bonds is 2. The number of fused-ring (bicyclic) bond motifs is 1. The topological polar surface area (TPSA) is 32.3 Å². The van der Waals surface area contributed by atoms with E-state index in [-0.39, 0.29) is 5.91 Å². The van der Waals surface area contributed by atoms with Crippen molar-refractivity contribution in [1.82, 2.24) is 0 Å². The van der Waals surface area contributed by atoms with Crippen molar-refractivity contribution in [2.45, 2.75) is 19.8 Å². The van der Waals surface area contributed by atoms with E-state index in [2.05, 4.69) is 34.5 Å². The van der Waals surface area contributed by atoms with Gasteiger partial charge in [0.1, 0.15) is 0 Å². The Morgan fingerprint density at radius 2 is 1.74 bits per heavy atom. The second-order valence-electron chi connectivity index (χ2n) is 5.05. The molecule has 1 fully saturated rings. The number of hydrogen-bond donors (Lipinski definition) is 1. The van der Waals surface area contributed by atoms with E-state index in [4.69, 9.17) is 0 Å². The number of hydrogen-bond acceptors (Lipinski definition) is 2. The standard InChI is InChI=1S/C16H18N2O/c1-12(19)17-15-8-4-7-14-13(15)6-5-9-16(14)18-10-2-3-11-18/h4-9H,2-3,10-11H2,1H3,(H,17,19). The normalized spacial score (nSPS) is 14.9. The molecule has 1 aliphatic heterocycles. The maximum absolute atomic E-state index is 11.3. The van der Waals surface area contributed by atoms with E-state index >= 15 is 0 Å². The first-order valence-corrected chi connectivity index (χ1v) is 6.80. The summed E-state index contributed by atoms with van der Waals surface area (Å²) in [5.41, 5.74) is 2.17. The maximum atomic E-state index is 11.3. The molecule has 0 radical (unpaired) electrons. The summed E-state index contributed by atoms with van der Waals surface area (Å²) in [5, 5.41) is 5.24. The molecule has 19 heavy (non-hydrogen) atoms. The van der Waals surface area contributed by atoms with E-state index < -0.39 is 0 Å². The Hall–Kier alpha value is -2.03. The fraction of sp³-hybridized carbons (Fsp3) is 0.312. The molecule has 3 nitrogen and oxygen atoms in total. The van der Waals surface area contributed by atoms with Gasteiger partial charge in [-0.2, -0.15) is 0 Å². The van der Waals surface area contributed by atoms with Crippen LogP contribution in [0, 0.1) is 0 Å². The van der Waals surface area contributed by atoms with E-state index in [1.807, 2.05) is 12.1 Å². The molecule has 3 heteroatoms. The van der Waals surface area contributed by atoms with Gasteiger partial charge in [0.15, 0.2) is 0 Å². The van der Waals surface area contributed by atoms with Crippen molar-refractivity contribution in [3.63, 3.8) is 0 Å². The van der Waals surface area contributed by atoms with Crippen molar-refractivity contribution in [2.75, 3.05) is 23.3 Å². The van der Waals surface area contributed by atoms with Gasteiger partial charge in [-0.25, -0.2) is 0 Å². The third kappa shape index (κ3) is 2.28. The Bertz CT molecular complexity index is 615. The average molecular weight is 254 g/mol. The number of carbonyl (C=O) groups excluding carboxylic acids is 1. The molecule has 1 N–H and O–H groups in total. The Kier molecular flexibility index (Phi) is 3.11. The lowest BCUT2D eigenvalue weighted by atomic mass is 10.1. The van der Waals surface area contributed by atoms with E-state index in [9.17, 15) is 4.79 Å². The van der Waals surface area contributed by atoms with Crippen molar-refractivity contribution in [3.05, 3.63) is 36.4 Å². The molecule has 2 aromatic rings. The quantitative estimate of drug-likeness (QED) is 0.890. The number of nitrogens with one attached hydrogen (secondary N) is 1. The van der Waals surface area contributed by atoms with Crippen LogP contribution in [0.1, 0.15) is 19.8 Å². The first kappa shape index (κ1) is 12.0. The first-order valence-electron chi connectivity index (χ1n) is 6.80. The number of anilines is 2. The van der Waals surface area contributed by atoms with Crippen LogP contribution >= 0.6 is 0 Å². The molecule has 98 valence electrons. The fourth-order valence-corrected chi connectivity index (χ4v) is 2.83. The SMILES string of the molecule is CC(=O)Nc1cccc2c(N3CCCC3)cccc12. The molecule has 0 atom stereocenters. The zero-order valence-electron chi connectivity index (χ0n) is 11.1. The van der Waals surface area contributed by atoms with Crippen LogP contribution < -0.4 is 10.2 Å². The van der Waals surface area contributed by atoms with Gasteiger partial charge in [0.05, 0.1) is 0 Å². The molecular weight excluding hydrogens is 236 g/mol. The van der Waals surface area contributed by atoms with Crippen LogP contribution in [-0.2, 0) is 4.79 Å². The largest absolute Gasteiger partial charge is 0.371 e. The van der Waals surface area contributed by atoms with Gasteiger partial charge in [-0.05, 0) is 25.0 Å². The van der Waals surface area contributed by atoms with Crippen LogP contribution in [0.5, 0.6) is 0 Å². The van der Waals surface area contributed by atoms with Crippen LogP contribution in [0.3, 0.4) is 0 Å². The summed E-state index contributed by atoms with van der Waals surface area (Å²) in [6, 6.07) is 12.4. The van der Waals surface area contributed by atoms with Gasteiger partial charge in [0, 0.05) is 42.2 Å². The van der Waals surface area contributed by atoms with E-state index in [0.29, 0.717) is 0 Å². The Morgan fingerprint density at radius 3 is 2.47 bits per heavy atom. The third-order valence-corrected chi connectivity index (χ3v) is 3.66. The van der Waals surface area contributed by atoms with Crippen molar-refractivity contribution in [2.24, 2.45) is 0 Å². The lowest BCUT2D eigenvalue weighted by Crippen LogP contribution is -2.17. The fourth-order valence-electron chi connectivity index (χ4n) is 2.83. The van der Waals surface area contributed by atoms with E-state index in [1.165, 1.54) is 23.9 Å². The van der Waals surface area contributed by atoms with E-state index in [0.717, 1.165) is 24.2 Å². The molecule has 1 aliphatic rings. The third-order valence-electron chi connectivity index (χ3n) is 3.66. The molecule has 0 saturated carbocycles. The molecule has 1 saturated heterocycles. The first-order chi connectivity index (χ1) is 9.25. The summed E-state index contributed by atoms with van der Waals surface area (Å²) in [6.45, 7) is 3.80. The highest BCUT2D eigenvalue weighted by Crippen LogP contribution is 2.33. The molecule has 3 rings (SSSR count). The maximum Gasteiger partial charge on any atom is 0.221 e. The minimum Gasteiger partial charge on any atom is -0.371 e. The van der Waals surface area contributed by atoms with Crippen molar-refractivity contribution < 1.29 is 4.79 Å². The van der Waals surface area contributed by atoms with Crippen LogP contribution in [0.2, 0.25) is 0 Å². The van der Waals surface area contributed by atoms with Crippen LogP contribution in [0.4, 0.5) is 11.4 Å². The summed E-state index contributed by atoms with van der Waals surface area (Å²) < 4.78 is 0. The van der Waals surface area contributed by atoms with Crippen LogP contribution in [0.25, 0.3) is 10.8 Å². The Labute approximate surface area is 113 Å². The van der Waals surface area contributed by atoms with Crippen LogP contribution in [-0.4, -0.2) is 19.0 Å². The minimum absolute atomic E-state index is 0.0286. The lowest BCUT2D eigenvalue weighted by Gasteiger charge is -2.20. The van der Waals surface area contributed by atoms with Gasteiger partial charge in [0.2, 0.25) is 5.91 Å². The molecule has 0 aromatic heterocycles. The summed E-state index contributed by atoms with van der Waals surface area (Å²) in [6.07, 6.45) is 2.53. The van der Waals surface area contributed by atoms with Crippen molar-refractivity contribution in [3.8, 4) is 0 Å². The van der Waals surface area contributed by atoms with Gasteiger partial charge in [-0.15, -0.1) is 0 Å². The van der Waals surface area contributed by atoms with Gasteiger partial charge < -0.3 is 10.2 Å². The monoisotopic (exact) mass is 254 g/mol. The second kappa shape index (κ2) is 4.92. The summed E-state index contributed by atoms with van der Waals surface area (Å²) in [4.78, 5) is 13.7. The highest BCUT2D eigenvalue weighted by Gasteiger charge is 2.15. The minimum atomic E-state index is -0.0286. The molecule has 0 unspecified atom stereocenters. The van der Waals surface area contributed by atoms with Gasteiger partial charge in [0.25, 0.3) is 0 Å². The van der Waals surface area contributed by atoms with Gasteiger partial charge in [-0.3, -0.25) is 4.79 Å². The Morgan fingerprint density at radius 1 is 1.05 bits per heavy atom. The molecule has 0 bridgehead atoms. The highest BCUT2D eigenvalue weighted by molar-refractivity contribution is 6.05. The summed E-state index contributed by atoms with van der Waals surface area (Å²) in [7, 11) is 0. The zero-order valence-corrected chi connectivity index (χ0v) is 11.1. The molecule has 2 aromatic carbocycles. The number of nitrogens with zero attached hydrogens (tertiary/aromatic N) is 1. The number of benzene rings is 2. The van der Waals surface area contributed by atoms with Crippen molar-refractivity contribution in [1.29, 1.82) is 0 Å². The van der Waals surface area contributed by atoms with E-state index in [1.54, 1.807) is 6.92 Å². The Balaban J connectivity index is 2.12. The summed E-state index contributed by atoms with van der Waals surface area (Å²) in [5.74, 6) is -0.0286. The smallest absolute Gasteiger partial charge is 0.221 e. The van der Waals surface area contributed by atoms with Gasteiger partial charge >= 0.3 is 0 Å². The zero-order chi connectivity index (χ0) is 13.2. The van der Waals surface area contributed by atoms with Crippen LogP contribution in [0.15, 0.2) is 36.4 Å². The predicted molar refractivity (Wildman–Crippen MR) is 79.7 cm³/mol. The predicted octanol–water partition coefficient (Wildman–Crippen LogP) is 3.40. The molecule has 1 heterocycles. The summed E-state index contributed by atoms with van der Waals surface area (Å²) >= 11 is 0. The molecule has 1 amide bonds. The lowest BCUT2D eigenvalue weighted by molar-refractivity contribution is -0.114. The molecule has 0 spiro atoms. The molecule has 0 aliphatic carbocycles. The molecular formula is C16H18N2O. The van der Waals surface area contributed by atoms with Gasteiger partial charge in [-0.1, -0.05) is 24.3 Å².